The molecule has 1 atom stereocenters. The molecule has 1 heterocycles. The SMILES string of the molecule is CCCCCCCCCCCCCN1C=CN(CCC)C1CCCCCCCC. The van der Waals surface area contributed by atoms with Crippen LogP contribution in [0.25, 0.3) is 0 Å². The van der Waals surface area contributed by atoms with Crippen LogP contribution in [0.15, 0.2) is 12.4 Å². The fraction of sp³-hybridized carbons (Fsp3) is 0.926. The summed E-state index contributed by atoms with van der Waals surface area (Å²) < 4.78 is 0. The predicted octanol–water partition coefficient (Wildman–Crippen LogP) is 8.87. The summed E-state index contributed by atoms with van der Waals surface area (Å²) in [5.74, 6) is 0. The van der Waals surface area contributed by atoms with Gasteiger partial charge in [0.25, 0.3) is 0 Å². The highest BCUT2D eigenvalue weighted by Gasteiger charge is 2.24. The van der Waals surface area contributed by atoms with Crippen molar-refractivity contribution in [2.75, 3.05) is 13.1 Å². The highest BCUT2D eigenvalue weighted by atomic mass is 15.4. The van der Waals surface area contributed by atoms with E-state index < -0.39 is 0 Å². The highest BCUT2D eigenvalue weighted by molar-refractivity contribution is 4.96. The van der Waals surface area contributed by atoms with Gasteiger partial charge in [-0.15, -0.1) is 0 Å². The molecule has 0 bridgehead atoms. The smallest absolute Gasteiger partial charge is 0.101 e. The third-order valence-corrected chi connectivity index (χ3v) is 6.53. The second-order valence-corrected chi connectivity index (χ2v) is 9.35. The number of hydrogen-bond acceptors (Lipinski definition) is 2. The molecule has 29 heavy (non-hydrogen) atoms. The summed E-state index contributed by atoms with van der Waals surface area (Å²) >= 11 is 0. The summed E-state index contributed by atoms with van der Waals surface area (Å²) in [5, 5.41) is 0. The Morgan fingerprint density at radius 2 is 0.862 bits per heavy atom. The summed E-state index contributed by atoms with van der Waals surface area (Å²) in [5.41, 5.74) is 0. The van der Waals surface area contributed by atoms with Crippen LogP contribution in [0, 0.1) is 0 Å². The summed E-state index contributed by atoms with van der Waals surface area (Å²) in [4.78, 5) is 5.25. The Balaban J connectivity index is 2.09. The van der Waals surface area contributed by atoms with Crippen LogP contribution in [0.3, 0.4) is 0 Å². The molecule has 2 heteroatoms. The highest BCUT2D eigenvalue weighted by Crippen LogP contribution is 2.23. The molecule has 0 aliphatic carbocycles. The standard InChI is InChI=1S/C27H54N2/c1-4-7-9-11-13-14-15-16-17-19-21-24-29-26-25-28(23-6-3)27(29)22-20-18-12-10-8-5-2/h25-27H,4-24H2,1-3H3. The van der Waals surface area contributed by atoms with Crippen molar-refractivity contribution in [2.45, 2.75) is 149 Å². The van der Waals surface area contributed by atoms with E-state index in [2.05, 4.69) is 43.0 Å². The molecule has 0 aromatic heterocycles. The molecule has 1 rings (SSSR count). The van der Waals surface area contributed by atoms with Crippen molar-refractivity contribution in [3.63, 3.8) is 0 Å². The van der Waals surface area contributed by atoms with Crippen molar-refractivity contribution >= 4 is 0 Å². The molecular formula is C27H54N2. The lowest BCUT2D eigenvalue weighted by Gasteiger charge is -2.33. The lowest BCUT2D eigenvalue weighted by Crippen LogP contribution is -2.39. The van der Waals surface area contributed by atoms with E-state index in [0.717, 1.165) is 0 Å². The molecule has 0 amide bonds. The van der Waals surface area contributed by atoms with Crippen LogP contribution >= 0.6 is 0 Å². The van der Waals surface area contributed by atoms with E-state index in [9.17, 15) is 0 Å². The molecule has 0 aromatic carbocycles. The second-order valence-electron chi connectivity index (χ2n) is 9.35. The predicted molar refractivity (Wildman–Crippen MR) is 131 cm³/mol. The molecular weight excluding hydrogens is 352 g/mol. The van der Waals surface area contributed by atoms with Gasteiger partial charge in [-0.3, -0.25) is 0 Å². The number of rotatable bonds is 21. The number of unbranched alkanes of at least 4 members (excludes halogenated alkanes) is 15. The maximum Gasteiger partial charge on any atom is 0.101 e. The molecule has 0 spiro atoms. The van der Waals surface area contributed by atoms with Crippen LogP contribution in [-0.4, -0.2) is 29.1 Å². The van der Waals surface area contributed by atoms with Crippen molar-refractivity contribution in [1.82, 2.24) is 9.80 Å². The van der Waals surface area contributed by atoms with E-state index in [0.29, 0.717) is 6.17 Å². The molecule has 0 fully saturated rings. The Bertz CT molecular complexity index is 366. The van der Waals surface area contributed by atoms with Crippen LogP contribution < -0.4 is 0 Å². The van der Waals surface area contributed by atoms with Crippen LogP contribution in [-0.2, 0) is 0 Å². The summed E-state index contributed by atoms with van der Waals surface area (Å²) in [7, 11) is 0. The average molecular weight is 407 g/mol. The van der Waals surface area contributed by atoms with Gasteiger partial charge in [-0.05, 0) is 25.7 Å². The fourth-order valence-electron chi connectivity index (χ4n) is 4.66. The maximum absolute atomic E-state index is 2.65. The van der Waals surface area contributed by atoms with Gasteiger partial charge in [-0.2, -0.15) is 0 Å². The Morgan fingerprint density at radius 1 is 0.448 bits per heavy atom. The first kappa shape index (κ1) is 26.4. The van der Waals surface area contributed by atoms with Crippen LogP contribution in [0.5, 0.6) is 0 Å². The Hall–Kier alpha value is -0.660. The summed E-state index contributed by atoms with van der Waals surface area (Å²) in [6.07, 6.45) is 32.2. The van der Waals surface area contributed by atoms with Crippen LogP contribution in [0.2, 0.25) is 0 Å². The van der Waals surface area contributed by atoms with E-state index in [-0.39, 0.29) is 0 Å². The van der Waals surface area contributed by atoms with E-state index in [1.807, 2.05) is 0 Å². The number of hydrogen-bond donors (Lipinski definition) is 0. The molecule has 172 valence electrons. The topological polar surface area (TPSA) is 6.48 Å². The minimum absolute atomic E-state index is 0.643. The maximum atomic E-state index is 2.65. The zero-order valence-corrected chi connectivity index (χ0v) is 20.5. The van der Waals surface area contributed by atoms with Gasteiger partial charge in [-0.1, -0.05) is 117 Å². The van der Waals surface area contributed by atoms with Gasteiger partial charge in [0.15, 0.2) is 0 Å². The zero-order valence-electron chi connectivity index (χ0n) is 20.5. The van der Waals surface area contributed by atoms with Gasteiger partial charge in [0, 0.05) is 25.5 Å². The molecule has 0 aromatic rings. The van der Waals surface area contributed by atoms with E-state index >= 15 is 0 Å². The molecule has 2 nitrogen and oxygen atoms in total. The van der Waals surface area contributed by atoms with E-state index in [1.165, 1.54) is 135 Å². The largest absolute Gasteiger partial charge is 0.356 e. The molecule has 1 unspecified atom stereocenters. The molecule has 0 N–H and O–H groups in total. The van der Waals surface area contributed by atoms with Gasteiger partial charge in [0.2, 0.25) is 0 Å². The Morgan fingerprint density at radius 3 is 1.34 bits per heavy atom. The van der Waals surface area contributed by atoms with Crippen molar-refractivity contribution in [1.29, 1.82) is 0 Å². The molecule has 1 aliphatic rings. The third-order valence-electron chi connectivity index (χ3n) is 6.53. The van der Waals surface area contributed by atoms with Crippen LogP contribution in [0.4, 0.5) is 0 Å². The molecule has 0 saturated heterocycles. The minimum atomic E-state index is 0.643. The van der Waals surface area contributed by atoms with Gasteiger partial charge < -0.3 is 9.80 Å². The lowest BCUT2D eigenvalue weighted by atomic mass is 10.1. The van der Waals surface area contributed by atoms with Crippen molar-refractivity contribution in [3.8, 4) is 0 Å². The van der Waals surface area contributed by atoms with E-state index in [4.69, 9.17) is 0 Å². The summed E-state index contributed by atoms with van der Waals surface area (Å²) in [6, 6.07) is 0. The Kier molecular flexibility index (Phi) is 17.6. The normalized spacial score (nSPS) is 16.3. The molecule has 0 radical (unpaired) electrons. The Labute approximate surface area is 184 Å². The van der Waals surface area contributed by atoms with Gasteiger partial charge in [0.1, 0.15) is 6.17 Å². The first-order valence-electron chi connectivity index (χ1n) is 13.5. The van der Waals surface area contributed by atoms with Crippen molar-refractivity contribution < 1.29 is 0 Å². The molecule has 0 saturated carbocycles. The first-order valence-corrected chi connectivity index (χ1v) is 13.5. The fourth-order valence-corrected chi connectivity index (χ4v) is 4.66. The lowest BCUT2D eigenvalue weighted by molar-refractivity contribution is 0.137. The molecule has 1 aliphatic heterocycles. The monoisotopic (exact) mass is 406 g/mol. The minimum Gasteiger partial charge on any atom is -0.356 e. The second kappa shape index (κ2) is 19.3. The van der Waals surface area contributed by atoms with Crippen molar-refractivity contribution in [2.24, 2.45) is 0 Å². The van der Waals surface area contributed by atoms with Crippen LogP contribution in [0.1, 0.15) is 143 Å². The third kappa shape index (κ3) is 13.3. The number of nitrogens with zero attached hydrogens (tertiary/aromatic N) is 2. The average Bonchev–Trinajstić information content (AvgIpc) is 3.10. The summed E-state index contributed by atoms with van der Waals surface area (Å²) in [6.45, 7) is 9.39. The first-order chi connectivity index (χ1) is 14.3. The quantitative estimate of drug-likeness (QED) is 0.176. The van der Waals surface area contributed by atoms with E-state index in [1.54, 1.807) is 0 Å². The van der Waals surface area contributed by atoms with Gasteiger partial charge >= 0.3 is 0 Å². The van der Waals surface area contributed by atoms with Gasteiger partial charge in [0.05, 0.1) is 0 Å². The zero-order chi connectivity index (χ0) is 21.0. The van der Waals surface area contributed by atoms with Crippen molar-refractivity contribution in [3.05, 3.63) is 12.4 Å². The van der Waals surface area contributed by atoms with Gasteiger partial charge in [-0.25, -0.2) is 0 Å².